The number of H-pyrrole nitrogens is 1. The topological polar surface area (TPSA) is 82.6 Å². The smallest absolute Gasteiger partial charge is 0.319 e. The molecule has 0 amide bonds. The molecular weight excluding hydrogens is 344 g/mol. The van der Waals surface area contributed by atoms with Gasteiger partial charge in [0.2, 0.25) is 5.78 Å². The molecule has 1 saturated carbocycles. The second-order valence-electron chi connectivity index (χ2n) is 8.24. The summed E-state index contributed by atoms with van der Waals surface area (Å²) in [6.45, 7) is 2.76. The van der Waals surface area contributed by atoms with E-state index in [4.69, 9.17) is 4.74 Å². The van der Waals surface area contributed by atoms with Gasteiger partial charge >= 0.3 is 5.97 Å². The monoisotopic (exact) mass is 368 g/mol. The van der Waals surface area contributed by atoms with E-state index in [2.05, 4.69) is 11.9 Å². The van der Waals surface area contributed by atoms with Crippen LogP contribution >= 0.6 is 0 Å². The van der Waals surface area contributed by atoms with Crippen molar-refractivity contribution in [1.82, 2.24) is 9.88 Å². The number of nitrogens with zero attached hydrogens (tertiary/aromatic N) is 1. The number of esters is 1. The number of hydrogen-bond donors (Lipinski definition) is 2. The number of piperidine rings is 2. The third-order valence-electron chi connectivity index (χ3n) is 7.05. The number of carbonyl (C=O) groups is 2. The highest BCUT2D eigenvalue weighted by Gasteiger charge is 2.65. The Morgan fingerprint density at radius 1 is 1.41 bits per heavy atom. The van der Waals surface area contributed by atoms with E-state index in [1.54, 1.807) is 0 Å². The average Bonchev–Trinajstić information content (AvgIpc) is 3.09. The molecule has 4 bridgehead atoms. The van der Waals surface area contributed by atoms with Crippen molar-refractivity contribution < 1.29 is 19.4 Å². The van der Waals surface area contributed by atoms with Gasteiger partial charge in [-0.15, -0.1) is 0 Å². The van der Waals surface area contributed by atoms with Crippen molar-refractivity contribution >= 4 is 22.7 Å². The van der Waals surface area contributed by atoms with Gasteiger partial charge in [-0.05, 0) is 30.7 Å². The van der Waals surface area contributed by atoms with Crippen LogP contribution in [0.15, 0.2) is 24.3 Å². The van der Waals surface area contributed by atoms with Gasteiger partial charge in [-0.2, -0.15) is 0 Å². The van der Waals surface area contributed by atoms with Crippen molar-refractivity contribution in [1.29, 1.82) is 0 Å². The molecule has 6 heteroatoms. The first-order valence-electron chi connectivity index (χ1n) is 9.70. The van der Waals surface area contributed by atoms with Crippen LogP contribution in [-0.2, 0) is 14.9 Å². The number of nitrogens with one attached hydrogen (secondary N) is 1. The van der Waals surface area contributed by atoms with Gasteiger partial charge in [0, 0.05) is 29.2 Å². The van der Waals surface area contributed by atoms with Gasteiger partial charge in [0.25, 0.3) is 0 Å². The molecule has 2 N–H and O–H groups in total. The number of carbonyl (C=O) groups excluding carboxylic acids is 2. The van der Waals surface area contributed by atoms with Crippen LogP contribution in [0.25, 0.3) is 10.9 Å². The highest BCUT2D eigenvalue weighted by Crippen LogP contribution is 2.56. The van der Waals surface area contributed by atoms with E-state index in [-0.39, 0.29) is 29.6 Å². The molecule has 6 rings (SSSR count). The molecule has 27 heavy (non-hydrogen) atoms. The molecule has 1 aromatic heterocycles. The number of fused-ring (bicyclic) bond motifs is 4. The number of benzene rings is 1. The first-order chi connectivity index (χ1) is 13.0. The fourth-order valence-electron chi connectivity index (χ4n) is 6.12. The van der Waals surface area contributed by atoms with Crippen LogP contribution in [0.3, 0.4) is 0 Å². The molecule has 6 nitrogen and oxygen atoms in total. The number of Topliss-reactive ketones (excluding diaryl/α,β-unsaturated/α-hetero) is 1. The summed E-state index contributed by atoms with van der Waals surface area (Å²) >= 11 is 0. The van der Waals surface area contributed by atoms with Crippen LogP contribution in [0.2, 0.25) is 0 Å². The Morgan fingerprint density at radius 3 is 2.93 bits per heavy atom. The molecule has 4 heterocycles. The van der Waals surface area contributed by atoms with E-state index in [9.17, 15) is 14.7 Å². The predicted molar refractivity (Wildman–Crippen MR) is 99.3 cm³/mol. The SMILES string of the molecule is CC[C@H]1C[C@H]2CN3[C@@H]1[C@@](C(=O)OC)(C2)c1[nH]c2ccccc2c1C(=O)[C@@H]3O. The maximum absolute atomic E-state index is 13.3. The summed E-state index contributed by atoms with van der Waals surface area (Å²) < 4.78 is 5.31. The number of hydrogen-bond acceptors (Lipinski definition) is 5. The minimum atomic E-state index is -1.23. The first kappa shape index (κ1) is 17.0. The number of rotatable bonds is 2. The highest BCUT2D eigenvalue weighted by molar-refractivity contribution is 6.13. The van der Waals surface area contributed by atoms with Gasteiger partial charge in [0.15, 0.2) is 6.23 Å². The van der Waals surface area contributed by atoms with Crippen LogP contribution in [0, 0.1) is 11.8 Å². The third kappa shape index (κ3) is 1.97. The Bertz CT molecular complexity index is 951. The summed E-state index contributed by atoms with van der Waals surface area (Å²) in [5.41, 5.74) is 0.954. The molecular formula is C21H24N2O4. The normalized spacial score (nSPS) is 37.1. The Labute approximate surface area is 157 Å². The quantitative estimate of drug-likeness (QED) is 0.794. The first-order valence-corrected chi connectivity index (χ1v) is 9.70. The van der Waals surface area contributed by atoms with Crippen molar-refractivity contribution in [3.63, 3.8) is 0 Å². The summed E-state index contributed by atoms with van der Waals surface area (Å²) in [5.74, 6) is -0.152. The Balaban J connectivity index is 1.88. The zero-order chi connectivity index (χ0) is 18.9. The molecule has 1 unspecified atom stereocenters. The van der Waals surface area contributed by atoms with Gasteiger partial charge in [-0.1, -0.05) is 31.5 Å². The van der Waals surface area contributed by atoms with E-state index in [1.165, 1.54) is 7.11 Å². The predicted octanol–water partition coefficient (Wildman–Crippen LogP) is 2.21. The molecule has 2 saturated heterocycles. The maximum atomic E-state index is 13.3. The van der Waals surface area contributed by atoms with Crippen LogP contribution < -0.4 is 0 Å². The van der Waals surface area contributed by atoms with Crippen LogP contribution in [-0.4, -0.2) is 52.7 Å². The number of aliphatic hydroxyl groups excluding tert-OH is 1. The van der Waals surface area contributed by atoms with Gasteiger partial charge in [0.1, 0.15) is 5.41 Å². The van der Waals surface area contributed by atoms with E-state index in [0.29, 0.717) is 24.2 Å². The van der Waals surface area contributed by atoms with Crippen molar-refractivity contribution in [2.24, 2.45) is 11.8 Å². The van der Waals surface area contributed by atoms with Crippen LogP contribution in [0.5, 0.6) is 0 Å². The lowest BCUT2D eigenvalue weighted by Gasteiger charge is -2.58. The summed E-state index contributed by atoms with van der Waals surface area (Å²) in [4.78, 5) is 31.9. The zero-order valence-electron chi connectivity index (χ0n) is 15.6. The molecule has 1 aromatic carbocycles. The highest BCUT2D eigenvalue weighted by atomic mass is 16.5. The third-order valence-corrected chi connectivity index (χ3v) is 7.05. The maximum Gasteiger partial charge on any atom is 0.319 e. The minimum Gasteiger partial charge on any atom is -0.468 e. The Morgan fingerprint density at radius 2 is 2.19 bits per heavy atom. The van der Waals surface area contributed by atoms with Gasteiger partial charge in [0.05, 0.1) is 12.7 Å². The summed E-state index contributed by atoms with van der Waals surface area (Å²) in [5, 5.41) is 11.8. The number of aliphatic hydroxyl groups is 1. The second kappa shape index (κ2) is 5.66. The number of para-hydroxylation sites is 1. The number of aromatic amines is 1. The molecule has 0 radical (unpaired) electrons. The van der Waals surface area contributed by atoms with E-state index in [1.807, 2.05) is 29.2 Å². The molecule has 142 valence electrons. The fourth-order valence-corrected chi connectivity index (χ4v) is 6.12. The van der Waals surface area contributed by atoms with Crippen molar-refractivity contribution in [3.05, 3.63) is 35.5 Å². The molecule has 6 atom stereocenters. The molecule has 2 aromatic rings. The number of methoxy groups -OCH3 is 1. The summed E-state index contributed by atoms with van der Waals surface area (Å²) in [6, 6.07) is 7.32. The second-order valence-corrected chi connectivity index (χ2v) is 8.24. The molecule has 4 aliphatic rings. The van der Waals surface area contributed by atoms with Crippen molar-refractivity contribution in [2.45, 2.75) is 43.9 Å². The lowest BCUT2D eigenvalue weighted by atomic mass is 9.56. The largest absolute Gasteiger partial charge is 0.468 e. The fraction of sp³-hybridized carbons (Fsp3) is 0.524. The van der Waals surface area contributed by atoms with E-state index >= 15 is 0 Å². The van der Waals surface area contributed by atoms with Crippen LogP contribution in [0.1, 0.15) is 42.2 Å². The summed E-state index contributed by atoms with van der Waals surface area (Å²) in [6.07, 6.45) is 1.34. The molecule has 0 spiro atoms. The summed E-state index contributed by atoms with van der Waals surface area (Å²) in [7, 11) is 1.41. The lowest BCUT2D eigenvalue weighted by molar-refractivity contribution is -0.170. The minimum absolute atomic E-state index is 0.233. The Kier molecular flexibility index (Phi) is 3.55. The standard InChI is InChI=1S/C21H24N2O4/c1-3-12-8-11-9-21(20(26)27-2)17-15(13-6-4-5-7-14(13)22-17)16(24)19(25)23(10-11)18(12)21/h4-7,11-12,18-19,22,25H,3,8-10H2,1-2H3/t11-,12+,18+,19+,21-/m1/s1. The molecule has 3 aliphatic heterocycles. The van der Waals surface area contributed by atoms with Crippen molar-refractivity contribution in [3.8, 4) is 0 Å². The van der Waals surface area contributed by atoms with Crippen molar-refractivity contribution in [2.75, 3.05) is 13.7 Å². The van der Waals surface area contributed by atoms with E-state index < -0.39 is 11.6 Å². The average molecular weight is 368 g/mol. The molecule has 1 aliphatic carbocycles. The number of ketones is 1. The van der Waals surface area contributed by atoms with Crippen LogP contribution in [0.4, 0.5) is 0 Å². The van der Waals surface area contributed by atoms with Gasteiger partial charge in [-0.3, -0.25) is 14.5 Å². The van der Waals surface area contributed by atoms with E-state index in [0.717, 1.165) is 23.7 Å². The molecule has 3 fully saturated rings. The lowest BCUT2D eigenvalue weighted by Crippen LogP contribution is -2.69. The number of aromatic nitrogens is 1. The van der Waals surface area contributed by atoms with Gasteiger partial charge < -0.3 is 14.8 Å². The number of ether oxygens (including phenoxy) is 1. The Hall–Kier alpha value is -2.18. The van der Waals surface area contributed by atoms with Gasteiger partial charge in [-0.25, -0.2) is 0 Å². The zero-order valence-corrected chi connectivity index (χ0v) is 15.6.